The van der Waals surface area contributed by atoms with Crippen molar-refractivity contribution >= 4 is 11.9 Å². The molecule has 2 aromatic heterocycles. The van der Waals surface area contributed by atoms with E-state index in [1.54, 1.807) is 0 Å². The highest BCUT2D eigenvalue weighted by Gasteiger charge is 2.02. The largest absolute Gasteiger partial charge is 0.545 e. The van der Waals surface area contributed by atoms with Gasteiger partial charge in [-0.2, -0.15) is 0 Å². The molecular weight excluding hydrogens is 236 g/mol. The molecule has 6 nitrogen and oxygen atoms in total. The highest BCUT2D eigenvalue weighted by Crippen LogP contribution is 2.14. The smallest absolute Gasteiger partial charge is 0.0886 e. The van der Waals surface area contributed by atoms with Gasteiger partial charge in [0.2, 0.25) is 0 Å². The monoisotopic (exact) mass is 242 g/mol. The second-order valence-corrected chi connectivity index (χ2v) is 3.44. The Morgan fingerprint density at radius 3 is 1.39 bits per heavy atom. The van der Waals surface area contributed by atoms with E-state index in [9.17, 15) is 19.8 Å². The summed E-state index contributed by atoms with van der Waals surface area (Å²) in [6.45, 7) is 0. The quantitative estimate of drug-likeness (QED) is 0.674. The average molecular weight is 242 g/mol. The van der Waals surface area contributed by atoms with Crippen LogP contribution in [0.5, 0.6) is 0 Å². The van der Waals surface area contributed by atoms with Crippen molar-refractivity contribution in [3.63, 3.8) is 0 Å². The van der Waals surface area contributed by atoms with Gasteiger partial charge in [-0.05, 0) is 24.3 Å². The Hall–Kier alpha value is -2.76. The Morgan fingerprint density at radius 2 is 1.17 bits per heavy atom. The second kappa shape index (κ2) is 4.62. The van der Waals surface area contributed by atoms with Crippen LogP contribution in [0.2, 0.25) is 0 Å². The standard InChI is InChI=1S/C12H8N2O4/c15-11(16)7-1-3-9(13-5-7)10-4-2-8(6-14-10)12(17)18/h1-6H,(H,15,16)(H,17,18)/p-2. The van der Waals surface area contributed by atoms with Gasteiger partial charge >= 0.3 is 0 Å². The fraction of sp³-hybridized carbons (Fsp3) is 0. The minimum Gasteiger partial charge on any atom is -0.545 e. The summed E-state index contributed by atoms with van der Waals surface area (Å²) < 4.78 is 0. The van der Waals surface area contributed by atoms with Gasteiger partial charge in [-0.25, -0.2) is 0 Å². The molecule has 0 aliphatic carbocycles. The van der Waals surface area contributed by atoms with Crippen molar-refractivity contribution in [3.05, 3.63) is 47.8 Å². The molecule has 0 saturated carbocycles. The first-order chi connectivity index (χ1) is 8.58. The van der Waals surface area contributed by atoms with Gasteiger partial charge in [0.15, 0.2) is 0 Å². The van der Waals surface area contributed by atoms with E-state index in [1.165, 1.54) is 24.3 Å². The molecule has 0 bridgehead atoms. The van der Waals surface area contributed by atoms with E-state index >= 15 is 0 Å². The van der Waals surface area contributed by atoms with Gasteiger partial charge in [-0.3, -0.25) is 9.97 Å². The molecule has 0 aliphatic heterocycles. The first-order valence-corrected chi connectivity index (χ1v) is 4.93. The highest BCUT2D eigenvalue weighted by atomic mass is 16.4. The molecule has 0 atom stereocenters. The second-order valence-electron chi connectivity index (χ2n) is 3.44. The van der Waals surface area contributed by atoms with Crippen LogP contribution in [0.4, 0.5) is 0 Å². The molecule has 90 valence electrons. The van der Waals surface area contributed by atoms with E-state index < -0.39 is 11.9 Å². The van der Waals surface area contributed by atoms with E-state index in [1.807, 2.05) is 0 Å². The summed E-state index contributed by atoms with van der Waals surface area (Å²) >= 11 is 0. The highest BCUT2D eigenvalue weighted by molar-refractivity contribution is 5.86. The molecular formula is C12H6N2O4-2. The summed E-state index contributed by atoms with van der Waals surface area (Å²) in [5.74, 6) is -2.62. The Kier molecular flexibility index (Phi) is 3.01. The predicted molar refractivity (Wildman–Crippen MR) is 56.1 cm³/mol. The van der Waals surface area contributed by atoms with E-state index in [0.29, 0.717) is 11.4 Å². The molecule has 0 amide bonds. The van der Waals surface area contributed by atoms with Crippen LogP contribution < -0.4 is 10.2 Å². The molecule has 2 heterocycles. The minimum absolute atomic E-state index is 0.0369. The molecule has 0 spiro atoms. The molecule has 0 fully saturated rings. The lowest BCUT2D eigenvalue weighted by atomic mass is 10.2. The van der Waals surface area contributed by atoms with Gasteiger partial charge in [-0.15, -0.1) is 0 Å². The first kappa shape index (κ1) is 11.7. The zero-order chi connectivity index (χ0) is 13.1. The number of hydrogen-bond donors (Lipinski definition) is 0. The van der Waals surface area contributed by atoms with Crippen LogP contribution in [-0.4, -0.2) is 21.9 Å². The number of nitrogens with zero attached hydrogens (tertiary/aromatic N) is 2. The third-order valence-corrected chi connectivity index (χ3v) is 2.26. The Morgan fingerprint density at radius 1 is 0.778 bits per heavy atom. The number of carbonyl (C=O) groups is 2. The SMILES string of the molecule is O=C([O-])c1ccc(-c2ccc(C(=O)[O-])cn2)nc1. The Balaban J connectivity index is 2.31. The van der Waals surface area contributed by atoms with E-state index in [0.717, 1.165) is 12.4 Å². The van der Waals surface area contributed by atoms with Crippen LogP contribution in [-0.2, 0) is 0 Å². The number of pyridine rings is 2. The number of aromatic nitrogens is 2. The third kappa shape index (κ3) is 2.32. The maximum absolute atomic E-state index is 10.5. The fourth-order valence-electron chi connectivity index (χ4n) is 1.33. The minimum atomic E-state index is -1.31. The van der Waals surface area contributed by atoms with Crippen LogP contribution in [0.1, 0.15) is 20.7 Å². The Labute approximate surface area is 102 Å². The summed E-state index contributed by atoms with van der Waals surface area (Å²) in [5, 5.41) is 21.1. The molecule has 6 heteroatoms. The summed E-state index contributed by atoms with van der Waals surface area (Å²) in [6.07, 6.45) is 2.30. The van der Waals surface area contributed by atoms with E-state index in [4.69, 9.17) is 0 Å². The number of carbonyl (C=O) groups excluding carboxylic acids is 2. The summed E-state index contributed by atoms with van der Waals surface area (Å²) in [6, 6.07) is 5.61. The average Bonchev–Trinajstić information content (AvgIpc) is 2.39. The van der Waals surface area contributed by atoms with Crippen LogP contribution >= 0.6 is 0 Å². The van der Waals surface area contributed by atoms with Crippen molar-refractivity contribution < 1.29 is 19.8 Å². The van der Waals surface area contributed by atoms with Crippen molar-refractivity contribution in [2.75, 3.05) is 0 Å². The summed E-state index contributed by atoms with van der Waals surface area (Å²) in [7, 11) is 0. The lowest BCUT2D eigenvalue weighted by Gasteiger charge is -2.05. The first-order valence-electron chi connectivity index (χ1n) is 4.93. The maximum atomic E-state index is 10.5. The number of rotatable bonds is 3. The van der Waals surface area contributed by atoms with Crippen LogP contribution in [0, 0.1) is 0 Å². The molecule has 0 N–H and O–H groups in total. The van der Waals surface area contributed by atoms with Gasteiger partial charge in [0.1, 0.15) is 0 Å². The molecule has 2 aromatic rings. The summed E-state index contributed by atoms with van der Waals surface area (Å²) in [5.41, 5.74) is 0.796. The lowest BCUT2D eigenvalue weighted by Crippen LogP contribution is -2.22. The van der Waals surface area contributed by atoms with Gasteiger partial charge in [-0.1, -0.05) is 0 Å². The molecule has 0 aromatic carbocycles. The number of carboxylic acids is 2. The number of carboxylic acid groups (broad SMARTS) is 2. The molecule has 2 rings (SSSR count). The normalized spacial score (nSPS) is 10.0. The number of aromatic carboxylic acids is 2. The topological polar surface area (TPSA) is 106 Å². The van der Waals surface area contributed by atoms with Crippen molar-refractivity contribution in [1.82, 2.24) is 9.97 Å². The van der Waals surface area contributed by atoms with Crippen LogP contribution in [0.3, 0.4) is 0 Å². The van der Waals surface area contributed by atoms with Gasteiger partial charge < -0.3 is 19.8 Å². The van der Waals surface area contributed by atoms with E-state index in [2.05, 4.69) is 9.97 Å². The van der Waals surface area contributed by atoms with Crippen molar-refractivity contribution in [2.24, 2.45) is 0 Å². The van der Waals surface area contributed by atoms with Crippen LogP contribution in [0.25, 0.3) is 11.4 Å². The zero-order valence-electron chi connectivity index (χ0n) is 8.99. The van der Waals surface area contributed by atoms with Crippen molar-refractivity contribution in [2.45, 2.75) is 0 Å². The van der Waals surface area contributed by atoms with Crippen molar-refractivity contribution in [1.29, 1.82) is 0 Å². The third-order valence-electron chi connectivity index (χ3n) is 2.26. The maximum Gasteiger partial charge on any atom is 0.0886 e. The lowest BCUT2D eigenvalue weighted by molar-refractivity contribution is -0.256. The van der Waals surface area contributed by atoms with Gasteiger partial charge in [0.05, 0.1) is 23.3 Å². The molecule has 0 unspecified atom stereocenters. The molecule has 0 saturated heterocycles. The zero-order valence-corrected chi connectivity index (χ0v) is 8.99. The van der Waals surface area contributed by atoms with E-state index in [-0.39, 0.29) is 11.1 Å². The Bertz CT molecular complexity index is 535. The van der Waals surface area contributed by atoms with Crippen molar-refractivity contribution in [3.8, 4) is 11.4 Å². The van der Waals surface area contributed by atoms with Gasteiger partial charge in [0.25, 0.3) is 0 Å². The molecule has 0 aliphatic rings. The number of hydrogen-bond acceptors (Lipinski definition) is 6. The van der Waals surface area contributed by atoms with Gasteiger partial charge in [0, 0.05) is 23.5 Å². The van der Waals surface area contributed by atoms with Crippen LogP contribution in [0.15, 0.2) is 36.7 Å². The molecule has 0 radical (unpaired) electrons. The summed E-state index contributed by atoms with van der Waals surface area (Å²) in [4.78, 5) is 28.9. The predicted octanol–water partition coefficient (Wildman–Crippen LogP) is -1.13. The fourth-order valence-corrected chi connectivity index (χ4v) is 1.33. The molecule has 18 heavy (non-hydrogen) atoms.